The van der Waals surface area contributed by atoms with Crippen LogP contribution in [-0.2, 0) is 4.84 Å². The lowest BCUT2D eigenvalue weighted by Crippen LogP contribution is -2.23. The molecule has 3 nitrogen and oxygen atoms in total. The van der Waals surface area contributed by atoms with Crippen molar-refractivity contribution < 1.29 is 9.57 Å². The van der Waals surface area contributed by atoms with Gasteiger partial charge in [-0.3, -0.25) is 0 Å². The summed E-state index contributed by atoms with van der Waals surface area (Å²) in [6, 6.07) is 7.77. The van der Waals surface area contributed by atoms with E-state index in [0.717, 1.165) is 16.8 Å². The summed E-state index contributed by atoms with van der Waals surface area (Å²) in [5, 5.41) is 0. The number of hydroxylamine groups is 1. The molecule has 0 aromatic heterocycles. The van der Waals surface area contributed by atoms with Crippen molar-refractivity contribution in [3.63, 3.8) is 0 Å². The van der Waals surface area contributed by atoms with Crippen molar-refractivity contribution in [1.82, 2.24) is 5.48 Å². The van der Waals surface area contributed by atoms with Gasteiger partial charge in [0.25, 0.3) is 0 Å². The quantitative estimate of drug-likeness (QED) is 0.618. The fourth-order valence-corrected chi connectivity index (χ4v) is 1.30. The van der Waals surface area contributed by atoms with Gasteiger partial charge in [0.2, 0.25) is 0 Å². The predicted octanol–water partition coefficient (Wildman–Crippen LogP) is 3.01. The Morgan fingerprint density at radius 1 is 1.25 bits per heavy atom. The van der Waals surface area contributed by atoms with Crippen molar-refractivity contribution in [1.29, 1.82) is 0 Å². The molecule has 0 bridgehead atoms. The average molecular weight is 288 g/mol. The smallest absolute Gasteiger partial charge is 0.119 e. The first-order valence-electron chi connectivity index (χ1n) is 5.41. The van der Waals surface area contributed by atoms with Gasteiger partial charge < -0.3 is 9.57 Å². The zero-order valence-corrected chi connectivity index (χ0v) is 11.3. The minimum absolute atomic E-state index is 0.542. The molecule has 0 fully saturated rings. The molecule has 16 heavy (non-hydrogen) atoms. The Morgan fingerprint density at radius 2 is 1.94 bits per heavy atom. The molecular weight excluding hydrogens is 270 g/mol. The second-order valence-corrected chi connectivity index (χ2v) is 4.82. The summed E-state index contributed by atoms with van der Waals surface area (Å²) >= 11 is 3.37. The molecule has 1 aromatic carbocycles. The van der Waals surface area contributed by atoms with E-state index in [2.05, 4.69) is 35.3 Å². The highest BCUT2D eigenvalue weighted by Crippen LogP contribution is 2.15. The Hall–Kier alpha value is -0.580. The van der Waals surface area contributed by atoms with Crippen LogP contribution < -0.4 is 10.2 Å². The van der Waals surface area contributed by atoms with Crippen molar-refractivity contribution >= 4 is 15.9 Å². The van der Waals surface area contributed by atoms with Gasteiger partial charge in [-0.2, -0.15) is 5.48 Å². The van der Waals surface area contributed by atoms with E-state index >= 15 is 0 Å². The van der Waals surface area contributed by atoms with Gasteiger partial charge in [-0.15, -0.1) is 0 Å². The number of nitrogens with one attached hydrogen (secondary N) is 1. The van der Waals surface area contributed by atoms with E-state index in [1.54, 1.807) is 0 Å². The van der Waals surface area contributed by atoms with Gasteiger partial charge in [-0.25, -0.2) is 0 Å². The van der Waals surface area contributed by atoms with Crippen molar-refractivity contribution in [3.05, 3.63) is 28.7 Å². The van der Waals surface area contributed by atoms with Gasteiger partial charge in [0.1, 0.15) is 12.4 Å². The Balaban J connectivity index is 2.05. The van der Waals surface area contributed by atoms with E-state index in [-0.39, 0.29) is 0 Å². The number of hydrogen-bond acceptors (Lipinski definition) is 3. The summed E-state index contributed by atoms with van der Waals surface area (Å²) in [6.07, 6.45) is 0. The number of rotatable bonds is 7. The molecule has 0 saturated heterocycles. The van der Waals surface area contributed by atoms with E-state index in [1.807, 2.05) is 24.3 Å². The van der Waals surface area contributed by atoms with Crippen LogP contribution in [-0.4, -0.2) is 19.8 Å². The van der Waals surface area contributed by atoms with E-state index in [9.17, 15) is 0 Å². The Bertz CT molecular complexity index is 288. The first-order chi connectivity index (χ1) is 7.68. The lowest BCUT2D eigenvalue weighted by atomic mass is 10.2. The molecule has 90 valence electrons. The van der Waals surface area contributed by atoms with Crippen LogP contribution in [0.2, 0.25) is 0 Å². The maximum atomic E-state index is 5.50. The lowest BCUT2D eigenvalue weighted by Gasteiger charge is -2.09. The topological polar surface area (TPSA) is 30.5 Å². The van der Waals surface area contributed by atoms with Crippen LogP contribution in [0.3, 0.4) is 0 Å². The van der Waals surface area contributed by atoms with Crippen LogP contribution in [0.25, 0.3) is 0 Å². The number of benzene rings is 1. The third-order valence-corrected chi connectivity index (χ3v) is 2.33. The van der Waals surface area contributed by atoms with Crippen LogP contribution in [0.1, 0.15) is 13.8 Å². The summed E-state index contributed by atoms with van der Waals surface area (Å²) in [4.78, 5) is 5.21. The Morgan fingerprint density at radius 3 is 2.56 bits per heavy atom. The minimum Gasteiger partial charge on any atom is -0.492 e. The summed E-state index contributed by atoms with van der Waals surface area (Å²) in [5.74, 6) is 1.41. The molecule has 0 aliphatic rings. The van der Waals surface area contributed by atoms with Crippen LogP contribution in [0, 0.1) is 5.92 Å². The fraction of sp³-hybridized carbons (Fsp3) is 0.500. The molecule has 0 aliphatic heterocycles. The predicted molar refractivity (Wildman–Crippen MR) is 68.4 cm³/mol. The summed E-state index contributed by atoms with van der Waals surface area (Å²) in [7, 11) is 0. The minimum atomic E-state index is 0.542. The van der Waals surface area contributed by atoms with E-state index in [0.29, 0.717) is 19.1 Å². The molecule has 0 amide bonds. The Kier molecular flexibility index (Phi) is 6.45. The van der Waals surface area contributed by atoms with Gasteiger partial charge in [0, 0.05) is 4.47 Å². The standard InChI is InChI=1S/C12H18BrNO2/c1-10(2)9-16-14-7-8-15-12-5-3-11(13)4-6-12/h3-6,10,14H,7-9H2,1-2H3. The van der Waals surface area contributed by atoms with Gasteiger partial charge >= 0.3 is 0 Å². The van der Waals surface area contributed by atoms with Crippen molar-refractivity contribution in [3.8, 4) is 5.75 Å². The van der Waals surface area contributed by atoms with E-state index < -0.39 is 0 Å². The van der Waals surface area contributed by atoms with Crippen molar-refractivity contribution in [2.75, 3.05) is 19.8 Å². The highest BCUT2D eigenvalue weighted by molar-refractivity contribution is 9.10. The van der Waals surface area contributed by atoms with Crippen LogP contribution in [0.15, 0.2) is 28.7 Å². The van der Waals surface area contributed by atoms with Gasteiger partial charge in [0.15, 0.2) is 0 Å². The maximum Gasteiger partial charge on any atom is 0.119 e. The third-order valence-electron chi connectivity index (χ3n) is 1.81. The van der Waals surface area contributed by atoms with Crippen LogP contribution in [0.4, 0.5) is 0 Å². The van der Waals surface area contributed by atoms with Crippen LogP contribution in [0.5, 0.6) is 5.75 Å². The highest BCUT2D eigenvalue weighted by Gasteiger charge is 1.95. The summed E-state index contributed by atoms with van der Waals surface area (Å²) < 4.78 is 6.56. The third kappa shape index (κ3) is 6.10. The van der Waals surface area contributed by atoms with Crippen molar-refractivity contribution in [2.24, 2.45) is 5.92 Å². The van der Waals surface area contributed by atoms with Crippen molar-refractivity contribution in [2.45, 2.75) is 13.8 Å². The first kappa shape index (κ1) is 13.5. The lowest BCUT2D eigenvalue weighted by molar-refractivity contribution is 0.0180. The molecule has 4 heteroatoms. The molecule has 0 saturated carbocycles. The molecule has 0 aliphatic carbocycles. The zero-order valence-electron chi connectivity index (χ0n) is 9.70. The second kappa shape index (κ2) is 7.65. The second-order valence-electron chi connectivity index (χ2n) is 3.90. The molecular formula is C12H18BrNO2. The van der Waals surface area contributed by atoms with E-state index in [4.69, 9.17) is 9.57 Å². The first-order valence-corrected chi connectivity index (χ1v) is 6.21. The molecule has 0 radical (unpaired) electrons. The zero-order chi connectivity index (χ0) is 11.8. The van der Waals surface area contributed by atoms with E-state index in [1.165, 1.54) is 0 Å². The number of ether oxygens (including phenoxy) is 1. The SMILES string of the molecule is CC(C)CONCCOc1ccc(Br)cc1. The van der Waals surface area contributed by atoms with Gasteiger partial charge in [0.05, 0.1) is 13.2 Å². The maximum absolute atomic E-state index is 5.50. The average Bonchev–Trinajstić information content (AvgIpc) is 2.25. The molecule has 0 unspecified atom stereocenters. The molecule has 1 N–H and O–H groups in total. The van der Waals surface area contributed by atoms with Gasteiger partial charge in [-0.1, -0.05) is 29.8 Å². The monoisotopic (exact) mass is 287 g/mol. The molecule has 0 spiro atoms. The normalized spacial score (nSPS) is 10.8. The molecule has 1 rings (SSSR count). The molecule has 0 heterocycles. The molecule has 1 aromatic rings. The fourth-order valence-electron chi connectivity index (χ4n) is 1.04. The number of hydrogen-bond donors (Lipinski definition) is 1. The number of halogens is 1. The largest absolute Gasteiger partial charge is 0.492 e. The van der Waals surface area contributed by atoms with Crippen LogP contribution >= 0.6 is 15.9 Å². The summed E-state index contributed by atoms with van der Waals surface area (Å²) in [5.41, 5.74) is 2.86. The summed E-state index contributed by atoms with van der Waals surface area (Å²) in [6.45, 7) is 6.22. The Labute approximate surface area is 105 Å². The molecule has 0 atom stereocenters. The van der Waals surface area contributed by atoms with Gasteiger partial charge in [-0.05, 0) is 30.2 Å². The highest BCUT2D eigenvalue weighted by atomic mass is 79.9.